The van der Waals surface area contributed by atoms with Gasteiger partial charge in [0.1, 0.15) is 18.2 Å². The first-order valence-corrected chi connectivity index (χ1v) is 14.7. The highest BCUT2D eigenvalue weighted by Crippen LogP contribution is 2.33. The van der Waals surface area contributed by atoms with Gasteiger partial charge >= 0.3 is 12.1 Å². The molecule has 0 spiro atoms. The fourth-order valence-electron chi connectivity index (χ4n) is 4.97. The Morgan fingerprint density at radius 1 is 1.16 bits per heavy atom. The highest BCUT2D eigenvalue weighted by Gasteiger charge is 2.25. The van der Waals surface area contributed by atoms with E-state index < -0.39 is 18.2 Å². The van der Waals surface area contributed by atoms with Crippen LogP contribution in [0.15, 0.2) is 55.0 Å². The number of ether oxygens (including phenoxy) is 2. The first kappa shape index (κ1) is 31.2. The van der Waals surface area contributed by atoms with Gasteiger partial charge in [0.25, 0.3) is 0 Å². The third-order valence-corrected chi connectivity index (χ3v) is 7.35. The number of anilines is 2. The molecule has 4 N–H and O–H groups in total. The molecule has 45 heavy (non-hydrogen) atoms. The number of imidazole rings is 1. The lowest BCUT2D eigenvalue weighted by Crippen LogP contribution is -2.32. The van der Waals surface area contributed by atoms with Crippen LogP contribution in [0, 0.1) is 0 Å². The second-order valence-corrected chi connectivity index (χ2v) is 10.6. The van der Waals surface area contributed by atoms with Crippen LogP contribution in [0.4, 0.5) is 16.2 Å². The molecule has 0 unspecified atom stereocenters. The maximum atomic E-state index is 13.2. The molecule has 2 bridgehead atoms. The average Bonchev–Trinajstić information content (AvgIpc) is 3.74. The van der Waals surface area contributed by atoms with Crippen molar-refractivity contribution in [1.82, 2.24) is 35.5 Å². The molecular weight excluding hydrogens is 602 g/mol. The molecule has 0 fully saturated rings. The summed E-state index contributed by atoms with van der Waals surface area (Å²) in [6.07, 6.45) is 7.99. The molecule has 14 nitrogen and oxygen atoms in total. The Kier molecular flexibility index (Phi) is 10.0. The van der Waals surface area contributed by atoms with E-state index in [2.05, 4.69) is 41.4 Å². The molecule has 0 aliphatic carbocycles. The number of nitrogens with one attached hydrogen (secondary N) is 4. The van der Waals surface area contributed by atoms with Crippen LogP contribution in [-0.2, 0) is 19.1 Å². The summed E-state index contributed by atoms with van der Waals surface area (Å²) < 4.78 is 11.5. The number of H-pyrrole nitrogens is 1. The molecule has 2 aromatic carbocycles. The summed E-state index contributed by atoms with van der Waals surface area (Å²) in [6.45, 7) is 2.00. The fourth-order valence-corrected chi connectivity index (χ4v) is 5.15. The minimum absolute atomic E-state index is 0.242. The summed E-state index contributed by atoms with van der Waals surface area (Å²) in [6, 6.07) is 9.34. The van der Waals surface area contributed by atoms with Gasteiger partial charge in [-0.3, -0.25) is 10.1 Å². The second-order valence-electron chi connectivity index (χ2n) is 10.1. The molecule has 2 aromatic heterocycles. The van der Waals surface area contributed by atoms with Crippen molar-refractivity contribution in [3.8, 4) is 16.9 Å². The molecule has 15 heteroatoms. The predicted molar refractivity (Wildman–Crippen MR) is 167 cm³/mol. The maximum Gasteiger partial charge on any atom is 0.411 e. The van der Waals surface area contributed by atoms with Crippen LogP contribution in [0.1, 0.15) is 50.0 Å². The Hall–Kier alpha value is -5.24. The molecule has 234 valence electrons. The number of benzene rings is 2. The third-order valence-electron chi connectivity index (χ3n) is 7.12. The summed E-state index contributed by atoms with van der Waals surface area (Å²) >= 11 is 6.22. The number of nitrogens with zero attached hydrogens (tertiary/aromatic N) is 5. The number of esters is 1. The first-order chi connectivity index (χ1) is 21.8. The monoisotopic (exact) mass is 633 g/mol. The minimum Gasteiger partial charge on any atom is -0.464 e. The second kappa shape index (κ2) is 14.5. The standard InChI is InChI=1S/C30H32ClN9O5/c1-3-45-29(42)23-7-5-4-6-22(36-27(41)13-8-18-14-19(31)9-12-26(18)40-17-33-38-39-40)28-32-16-25(37-28)21-11-10-20(15-24(21)35-23)34-30(43)44-2/h8-17,22-23,35H,3-7H2,1-2H3,(H,32,37)(H,34,43)(H,36,41)/t22-,23+/m0/s1. The molecule has 2 atom stereocenters. The number of hydrogen-bond donors (Lipinski definition) is 4. The molecule has 2 amide bonds. The van der Waals surface area contributed by atoms with Crippen molar-refractivity contribution in [1.29, 1.82) is 0 Å². The zero-order valence-corrected chi connectivity index (χ0v) is 25.4. The number of carbonyl (C=O) groups excluding carboxylic acids is 3. The van der Waals surface area contributed by atoms with E-state index in [0.717, 1.165) is 0 Å². The number of aromatic amines is 1. The van der Waals surface area contributed by atoms with Gasteiger partial charge in [-0.05, 0) is 72.7 Å². The number of amides is 2. The van der Waals surface area contributed by atoms with Gasteiger partial charge in [-0.15, -0.1) is 5.10 Å². The molecule has 1 aliphatic rings. The first-order valence-electron chi connectivity index (χ1n) is 14.3. The third kappa shape index (κ3) is 7.84. The Labute approximate surface area is 263 Å². The Morgan fingerprint density at radius 2 is 2.00 bits per heavy atom. The number of fused-ring (bicyclic) bond motifs is 4. The number of rotatable bonds is 7. The van der Waals surface area contributed by atoms with Gasteiger partial charge in [0.05, 0.1) is 37.3 Å². The SMILES string of the molecule is CCOC(=O)[C@H]1CCCC[C@H](NC(=O)C=Cc2cc(Cl)ccc2-n2cnnn2)c2ncc([nH]2)-c2ccc(NC(=O)OC)cc2N1. The molecule has 0 saturated heterocycles. The largest absolute Gasteiger partial charge is 0.464 e. The number of hydrogen-bond acceptors (Lipinski definition) is 10. The van der Waals surface area contributed by atoms with Gasteiger partial charge in [-0.2, -0.15) is 4.68 Å². The van der Waals surface area contributed by atoms with Crippen LogP contribution in [0.25, 0.3) is 23.0 Å². The summed E-state index contributed by atoms with van der Waals surface area (Å²) in [4.78, 5) is 45.9. The van der Waals surface area contributed by atoms with Crippen molar-refractivity contribution >= 4 is 47.0 Å². The lowest BCUT2D eigenvalue weighted by Gasteiger charge is -2.22. The molecule has 5 rings (SSSR count). The Balaban J connectivity index is 1.41. The smallest absolute Gasteiger partial charge is 0.411 e. The van der Waals surface area contributed by atoms with E-state index in [-0.39, 0.29) is 18.5 Å². The summed E-state index contributed by atoms with van der Waals surface area (Å²) in [5.41, 5.74) is 3.73. The number of carbonyl (C=O) groups is 3. The lowest BCUT2D eigenvalue weighted by molar-refractivity contribution is -0.144. The van der Waals surface area contributed by atoms with E-state index in [1.54, 1.807) is 55.6 Å². The molecule has 3 heterocycles. The van der Waals surface area contributed by atoms with E-state index in [9.17, 15) is 14.4 Å². The van der Waals surface area contributed by atoms with E-state index in [1.165, 1.54) is 24.2 Å². The lowest BCUT2D eigenvalue weighted by atomic mass is 10.0. The molecule has 4 aromatic rings. The predicted octanol–water partition coefficient (Wildman–Crippen LogP) is 4.67. The van der Waals surface area contributed by atoms with Gasteiger partial charge in [0, 0.05) is 33.6 Å². The van der Waals surface area contributed by atoms with E-state index in [4.69, 9.17) is 21.1 Å². The van der Waals surface area contributed by atoms with Gasteiger partial charge < -0.3 is 25.1 Å². The van der Waals surface area contributed by atoms with E-state index >= 15 is 0 Å². The summed E-state index contributed by atoms with van der Waals surface area (Å²) in [7, 11) is 1.28. The van der Waals surface area contributed by atoms with Crippen LogP contribution in [0.3, 0.4) is 0 Å². The zero-order chi connectivity index (χ0) is 31.8. The highest BCUT2D eigenvalue weighted by molar-refractivity contribution is 6.30. The van der Waals surface area contributed by atoms with Crippen LogP contribution in [-0.4, -0.2) is 67.9 Å². The van der Waals surface area contributed by atoms with Gasteiger partial charge in [-0.25, -0.2) is 14.6 Å². The fraction of sp³-hybridized carbons (Fsp3) is 0.300. The summed E-state index contributed by atoms with van der Waals surface area (Å²) in [5.74, 6) is -0.138. The number of methoxy groups -OCH3 is 1. The van der Waals surface area contributed by atoms with Crippen molar-refractivity contribution in [2.75, 3.05) is 24.4 Å². The van der Waals surface area contributed by atoms with Crippen LogP contribution < -0.4 is 16.0 Å². The molecule has 0 radical (unpaired) electrons. The minimum atomic E-state index is -0.637. The molecular formula is C30H32ClN9O5. The van der Waals surface area contributed by atoms with Crippen LogP contribution in [0.2, 0.25) is 5.02 Å². The number of aromatic nitrogens is 6. The topological polar surface area (TPSA) is 178 Å². The van der Waals surface area contributed by atoms with E-state index in [0.29, 0.717) is 70.4 Å². The van der Waals surface area contributed by atoms with Crippen molar-refractivity contribution in [2.45, 2.75) is 44.7 Å². The van der Waals surface area contributed by atoms with Crippen LogP contribution >= 0.6 is 11.6 Å². The summed E-state index contributed by atoms with van der Waals surface area (Å²) in [5, 5.41) is 20.8. The van der Waals surface area contributed by atoms with Crippen LogP contribution in [0.5, 0.6) is 0 Å². The number of halogens is 1. The molecule has 1 aliphatic heterocycles. The van der Waals surface area contributed by atoms with Gasteiger partial charge in [0.15, 0.2) is 0 Å². The van der Waals surface area contributed by atoms with Gasteiger partial charge in [0.2, 0.25) is 5.91 Å². The maximum absolute atomic E-state index is 13.2. The van der Waals surface area contributed by atoms with E-state index in [1.807, 2.05) is 0 Å². The zero-order valence-electron chi connectivity index (χ0n) is 24.6. The molecule has 0 saturated carbocycles. The van der Waals surface area contributed by atoms with Crippen molar-refractivity contribution < 1.29 is 23.9 Å². The Morgan fingerprint density at radius 3 is 2.78 bits per heavy atom. The highest BCUT2D eigenvalue weighted by atomic mass is 35.5. The Bertz CT molecular complexity index is 1690. The quantitative estimate of drug-likeness (QED) is 0.165. The number of tetrazole rings is 1. The van der Waals surface area contributed by atoms with Crippen molar-refractivity contribution in [2.24, 2.45) is 0 Å². The van der Waals surface area contributed by atoms with Gasteiger partial charge in [-0.1, -0.05) is 24.4 Å². The normalized spacial score (nSPS) is 16.4. The average molecular weight is 634 g/mol. The van der Waals surface area contributed by atoms with Crippen molar-refractivity contribution in [3.05, 3.63) is 71.4 Å². The van der Waals surface area contributed by atoms with Crippen molar-refractivity contribution in [3.63, 3.8) is 0 Å².